The van der Waals surface area contributed by atoms with Gasteiger partial charge in [-0.1, -0.05) is 30.3 Å². The number of rotatable bonds is 5. The molecule has 0 spiro atoms. The van der Waals surface area contributed by atoms with Crippen LogP contribution in [0.15, 0.2) is 36.4 Å². The summed E-state index contributed by atoms with van der Waals surface area (Å²) in [5.41, 5.74) is 3.10. The van der Waals surface area contributed by atoms with Gasteiger partial charge in [-0.25, -0.2) is 0 Å². The highest BCUT2D eigenvalue weighted by atomic mass is 16.5. The maximum absolute atomic E-state index is 8.75. The molecule has 1 unspecified atom stereocenters. The minimum Gasteiger partial charge on any atom is -0.381 e. The van der Waals surface area contributed by atoms with E-state index in [1.54, 1.807) is 0 Å². The van der Waals surface area contributed by atoms with Gasteiger partial charge in [0.15, 0.2) is 5.82 Å². The molecule has 2 saturated heterocycles. The molecule has 0 amide bonds. The topological polar surface area (TPSA) is 50.3 Å². The third kappa shape index (κ3) is 4.31. The molecule has 1 aliphatic carbocycles. The first kappa shape index (κ1) is 16.8. The van der Waals surface area contributed by atoms with Crippen LogP contribution in [-0.2, 0) is 4.74 Å². The van der Waals surface area contributed by atoms with Crippen molar-refractivity contribution in [1.82, 2.24) is 15.1 Å². The molecule has 1 aromatic heterocycles. The third-order valence-electron chi connectivity index (χ3n) is 6.73. The molecule has 1 saturated carbocycles. The molecule has 29 heavy (non-hydrogen) atoms. The van der Waals surface area contributed by atoms with Crippen molar-refractivity contribution < 1.29 is 7.48 Å². The second-order valence-electron chi connectivity index (χ2n) is 8.88. The van der Waals surface area contributed by atoms with Crippen molar-refractivity contribution in [3.8, 4) is 11.3 Å². The summed E-state index contributed by atoms with van der Waals surface area (Å²) in [5.74, 6) is 2.09. The molecule has 154 valence electrons. The van der Waals surface area contributed by atoms with E-state index < -0.39 is 6.50 Å². The Morgan fingerprint density at radius 1 is 1.10 bits per heavy atom. The van der Waals surface area contributed by atoms with E-state index in [0.717, 1.165) is 61.4 Å². The molecule has 3 aliphatic rings. The number of anilines is 1. The van der Waals surface area contributed by atoms with Gasteiger partial charge in [-0.15, -0.1) is 10.2 Å². The summed E-state index contributed by atoms with van der Waals surface area (Å²) < 4.78 is 22.9. The Kier molecular flexibility index (Phi) is 4.86. The van der Waals surface area contributed by atoms with E-state index in [2.05, 4.69) is 45.5 Å². The van der Waals surface area contributed by atoms with Crippen LogP contribution in [0, 0.1) is 24.7 Å². The Hall–Kier alpha value is -1.98. The monoisotopic (exact) mass is 394 g/mol. The molecule has 1 aromatic carbocycles. The van der Waals surface area contributed by atoms with Gasteiger partial charge in [0.05, 0.1) is 5.69 Å². The highest BCUT2D eigenvalue weighted by Crippen LogP contribution is 2.40. The lowest BCUT2D eigenvalue weighted by atomic mass is 10.00. The second kappa shape index (κ2) is 8.41. The molecule has 0 radical (unpaired) electrons. The van der Waals surface area contributed by atoms with Crippen molar-refractivity contribution >= 4 is 5.82 Å². The van der Waals surface area contributed by atoms with Crippen molar-refractivity contribution in [2.75, 3.05) is 38.1 Å². The molecule has 2 aromatic rings. The number of nitrogens with zero attached hydrogens (tertiary/aromatic N) is 3. The molecular weight excluding hydrogens is 360 g/mol. The third-order valence-corrected chi connectivity index (χ3v) is 6.73. The van der Waals surface area contributed by atoms with Crippen molar-refractivity contribution in [2.45, 2.75) is 38.6 Å². The molecule has 1 N–H and O–H groups in total. The van der Waals surface area contributed by atoms with E-state index in [-0.39, 0.29) is 5.92 Å². The van der Waals surface area contributed by atoms with E-state index in [4.69, 9.17) is 7.48 Å². The molecule has 5 nitrogen and oxygen atoms in total. The Balaban J connectivity index is 1.19. The highest BCUT2D eigenvalue weighted by molar-refractivity contribution is 5.61. The Morgan fingerprint density at radius 3 is 2.52 bits per heavy atom. The van der Waals surface area contributed by atoms with Gasteiger partial charge < -0.3 is 15.0 Å². The summed E-state index contributed by atoms with van der Waals surface area (Å²) in [4.78, 5) is 2.12. The number of hydrogen-bond donors (Lipinski definition) is 1. The first-order valence-electron chi connectivity index (χ1n) is 12.0. The maximum Gasteiger partial charge on any atom is 0.151 e. The minimum atomic E-state index is -1.22. The van der Waals surface area contributed by atoms with Crippen LogP contribution >= 0.6 is 0 Å². The summed E-state index contributed by atoms with van der Waals surface area (Å²) in [7, 11) is 0. The SMILES string of the molecule is [2H]C([2H])(C1CCOCC1)N1C[C@H]2CC(Nc3nnc(-c4ccccc4)cc3C)C[C@H]2C1. The lowest BCUT2D eigenvalue weighted by Crippen LogP contribution is -2.32. The van der Waals surface area contributed by atoms with E-state index in [0.29, 0.717) is 31.1 Å². The quantitative estimate of drug-likeness (QED) is 0.831. The van der Waals surface area contributed by atoms with Crippen molar-refractivity contribution in [3.63, 3.8) is 0 Å². The predicted octanol–water partition coefficient (Wildman–Crippen LogP) is 4.00. The van der Waals surface area contributed by atoms with E-state index in [9.17, 15) is 0 Å². The van der Waals surface area contributed by atoms with Gasteiger partial charge in [0.25, 0.3) is 0 Å². The molecule has 0 bridgehead atoms. The first-order valence-corrected chi connectivity index (χ1v) is 11.0. The van der Waals surface area contributed by atoms with E-state index in [1.807, 2.05) is 18.2 Å². The zero-order valence-corrected chi connectivity index (χ0v) is 17.2. The van der Waals surface area contributed by atoms with Crippen LogP contribution in [0.1, 0.15) is 34.0 Å². The van der Waals surface area contributed by atoms with Gasteiger partial charge in [0.2, 0.25) is 0 Å². The van der Waals surface area contributed by atoms with Crippen LogP contribution in [0.5, 0.6) is 0 Å². The standard InChI is InChI=1S/C24H32N4O/c1-17-11-23(19-5-3-2-4-6-19)26-27-24(17)25-22-12-20-15-28(16-21(20)13-22)14-18-7-9-29-10-8-18/h2-6,11,18,20-22H,7-10,12-16H2,1H3,(H,25,27)/t20-,21+,22?/i14D2. The summed E-state index contributed by atoms with van der Waals surface area (Å²) in [5, 5.41) is 12.6. The van der Waals surface area contributed by atoms with Crippen LogP contribution in [0.25, 0.3) is 11.3 Å². The van der Waals surface area contributed by atoms with Crippen molar-refractivity contribution in [3.05, 3.63) is 42.0 Å². The van der Waals surface area contributed by atoms with Gasteiger partial charge in [0.1, 0.15) is 0 Å². The van der Waals surface area contributed by atoms with E-state index >= 15 is 0 Å². The number of likely N-dealkylation sites (tertiary alicyclic amines) is 1. The zero-order valence-electron chi connectivity index (χ0n) is 19.2. The summed E-state index contributed by atoms with van der Waals surface area (Å²) in [6.45, 7) is 3.99. The average Bonchev–Trinajstić information content (AvgIpc) is 3.36. The van der Waals surface area contributed by atoms with Crippen molar-refractivity contribution in [2.24, 2.45) is 17.8 Å². The number of fused-ring (bicyclic) bond motifs is 1. The second-order valence-corrected chi connectivity index (χ2v) is 8.88. The molecule has 3 heterocycles. The summed E-state index contributed by atoms with van der Waals surface area (Å²) in [6, 6.07) is 12.6. The smallest absolute Gasteiger partial charge is 0.151 e. The molecule has 5 rings (SSSR count). The number of hydrogen-bond acceptors (Lipinski definition) is 5. The number of aryl methyl sites for hydroxylation is 1. The van der Waals surface area contributed by atoms with Gasteiger partial charge >= 0.3 is 0 Å². The molecular formula is C24H32N4O. The minimum absolute atomic E-state index is 0.0926. The first-order chi connectivity index (χ1) is 15.0. The largest absolute Gasteiger partial charge is 0.381 e. The molecule has 3 fully saturated rings. The van der Waals surface area contributed by atoms with Gasteiger partial charge in [0, 0.05) is 47.1 Å². The summed E-state index contributed by atoms with van der Waals surface area (Å²) >= 11 is 0. The number of benzene rings is 1. The van der Waals surface area contributed by atoms with Crippen LogP contribution < -0.4 is 5.32 Å². The number of nitrogens with one attached hydrogen (secondary N) is 1. The zero-order chi connectivity index (χ0) is 21.4. The Labute approximate surface area is 176 Å². The van der Waals surface area contributed by atoms with Crippen LogP contribution in [-0.4, -0.2) is 53.9 Å². The van der Waals surface area contributed by atoms with E-state index in [1.165, 1.54) is 0 Å². The lowest BCUT2D eigenvalue weighted by Gasteiger charge is -2.27. The number of ether oxygens (including phenoxy) is 1. The van der Waals surface area contributed by atoms with Crippen LogP contribution in [0.4, 0.5) is 5.82 Å². The Bertz CT molecular complexity index is 890. The maximum atomic E-state index is 8.75. The fourth-order valence-electron chi connectivity index (χ4n) is 5.18. The average molecular weight is 395 g/mol. The predicted molar refractivity (Wildman–Crippen MR) is 116 cm³/mol. The van der Waals surface area contributed by atoms with Gasteiger partial charge in [-0.2, -0.15) is 0 Å². The normalized spacial score (nSPS) is 29.3. The lowest BCUT2D eigenvalue weighted by molar-refractivity contribution is 0.0545. The molecule has 2 aliphatic heterocycles. The molecule has 5 heteroatoms. The van der Waals surface area contributed by atoms with Crippen LogP contribution in [0.3, 0.4) is 0 Å². The van der Waals surface area contributed by atoms with Gasteiger partial charge in [-0.05, 0) is 62.0 Å². The van der Waals surface area contributed by atoms with Crippen molar-refractivity contribution in [1.29, 1.82) is 0 Å². The highest BCUT2D eigenvalue weighted by Gasteiger charge is 2.41. The molecule has 3 atom stereocenters. The summed E-state index contributed by atoms with van der Waals surface area (Å²) in [6.07, 6.45) is 3.82. The fraction of sp³-hybridized carbons (Fsp3) is 0.583. The van der Waals surface area contributed by atoms with Crippen LogP contribution in [0.2, 0.25) is 0 Å². The van der Waals surface area contributed by atoms with Gasteiger partial charge in [-0.3, -0.25) is 0 Å². The Morgan fingerprint density at radius 2 is 1.83 bits per heavy atom. The fourth-order valence-corrected chi connectivity index (χ4v) is 5.18. The number of aromatic nitrogens is 2.